The lowest BCUT2D eigenvalue weighted by atomic mass is 9.81. The van der Waals surface area contributed by atoms with Crippen molar-refractivity contribution in [3.05, 3.63) is 83.4 Å². The van der Waals surface area contributed by atoms with E-state index in [1.54, 1.807) is 22.9 Å². The third kappa shape index (κ3) is 3.10. The Kier molecular flexibility index (Phi) is 4.70. The first-order valence-corrected chi connectivity index (χ1v) is 11.2. The number of hydrogen-bond acceptors (Lipinski definition) is 5. The normalized spacial score (nSPS) is 17.8. The molecule has 2 aromatic carbocycles. The average Bonchev–Trinajstić information content (AvgIpc) is 3.19. The molecular formula is C26H22FN5O2. The molecule has 0 aliphatic heterocycles. The van der Waals surface area contributed by atoms with Gasteiger partial charge in [0.05, 0.1) is 5.39 Å². The number of nitrogen functional groups attached to an aromatic ring is 1. The summed E-state index contributed by atoms with van der Waals surface area (Å²) in [7, 11) is 0. The van der Waals surface area contributed by atoms with E-state index in [4.69, 9.17) is 5.73 Å². The zero-order valence-corrected chi connectivity index (χ0v) is 18.2. The number of hydrogen-bond donors (Lipinski definition) is 2. The van der Waals surface area contributed by atoms with Crippen molar-refractivity contribution in [3.8, 4) is 16.8 Å². The minimum Gasteiger partial charge on any atom is -0.396 e. The number of anilines is 1. The van der Waals surface area contributed by atoms with Crippen LogP contribution < -0.4 is 11.3 Å². The molecule has 7 nitrogen and oxygen atoms in total. The van der Waals surface area contributed by atoms with Gasteiger partial charge in [0, 0.05) is 47.2 Å². The maximum atomic E-state index is 15.4. The van der Waals surface area contributed by atoms with Gasteiger partial charge >= 0.3 is 0 Å². The van der Waals surface area contributed by atoms with Gasteiger partial charge in [-0.1, -0.05) is 18.2 Å². The second-order valence-corrected chi connectivity index (χ2v) is 8.83. The van der Waals surface area contributed by atoms with Crippen LogP contribution in [0.3, 0.4) is 0 Å². The van der Waals surface area contributed by atoms with Gasteiger partial charge in [0.2, 0.25) is 0 Å². The molecule has 0 atom stereocenters. The summed E-state index contributed by atoms with van der Waals surface area (Å²) in [4.78, 5) is 21.9. The molecule has 34 heavy (non-hydrogen) atoms. The number of aliphatic hydroxyl groups excluding tert-OH is 1. The van der Waals surface area contributed by atoms with Crippen molar-refractivity contribution in [3.63, 3.8) is 0 Å². The summed E-state index contributed by atoms with van der Waals surface area (Å²) in [6.07, 6.45) is 6.52. The minimum atomic E-state index is -0.450. The summed E-state index contributed by atoms with van der Waals surface area (Å²) < 4.78 is 19.0. The van der Waals surface area contributed by atoms with E-state index < -0.39 is 5.82 Å². The van der Waals surface area contributed by atoms with Crippen LogP contribution >= 0.6 is 0 Å². The smallest absolute Gasteiger partial charge is 0.262 e. The van der Waals surface area contributed by atoms with Crippen molar-refractivity contribution in [2.45, 2.75) is 18.9 Å². The highest BCUT2D eigenvalue weighted by Crippen LogP contribution is 2.43. The Morgan fingerprint density at radius 3 is 2.65 bits per heavy atom. The fraction of sp³-hybridized carbons (Fsp3) is 0.192. The van der Waals surface area contributed by atoms with Gasteiger partial charge in [-0.25, -0.2) is 14.4 Å². The molecule has 0 bridgehead atoms. The number of aromatic nitrogens is 4. The summed E-state index contributed by atoms with van der Waals surface area (Å²) in [5.74, 6) is 0.0542. The number of fused-ring (bicyclic) bond motifs is 2. The summed E-state index contributed by atoms with van der Waals surface area (Å²) in [6, 6.07) is 14.2. The molecule has 1 aliphatic rings. The maximum absolute atomic E-state index is 15.4. The van der Waals surface area contributed by atoms with Crippen molar-refractivity contribution >= 4 is 27.6 Å². The van der Waals surface area contributed by atoms with Crippen molar-refractivity contribution in [2.24, 2.45) is 5.92 Å². The summed E-state index contributed by atoms with van der Waals surface area (Å²) in [6.45, 7) is 0.146. The van der Waals surface area contributed by atoms with Gasteiger partial charge in [-0.2, -0.15) is 0 Å². The van der Waals surface area contributed by atoms with E-state index in [0.717, 1.165) is 18.5 Å². The van der Waals surface area contributed by atoms with E-state index in [-0.39, 0.29) is 35.5 Å². The van der Waals surface area contributed by atoms with Crippen LogP contribution in [0.25, 0.3) is 38.6 Å². The second kappa shape index (κ2) is 7.78. The molecule has 3 aromatic heterocycles. The molecule has 0 radical (unpaired) electrons. The topological polar surface area (TPSA) is 99.0 Å². The fourth-order valence-electron chi connectivity index (χ4n) is 4.93. The predicted molar refractivity (Wildman–Crippen MR) is 129 cm³/mol. The van der Waals surface area contributed by atoms with Crippen LogP contribution in [-0.2, 0) is 0 Å². The first-order valence-electron chi connectivity index (χ1n) is 11.2. The van der Waals surface area contributed by atoms with Crippen LogP contribution in [0, 0.1) is 11.7 Å². The molecule has 1 fully saturated rings. The highest BCUT2D eigenvalue weighted by molar-refractivity contribution is 6.02. The second-order valence-electron chi connectivity index (χ2n) is 8.83. The highest BCUT2D eigenvalue weighted by atomic mass is 19.1. The van der Waals surface area contributed by atoms with E-state index in [0.29, 0.717) is 27.4 Å². The lowest BCUT2D eigenvalue weighted by Crippen LogP contribution is -2.28. The van der Waals surface area contributed by atoms with E-state index in [2.05, 4.69) is 9.97 Å². The number of pyridine rings is 1. The first-order chi connectivity index (χ1) is 16.5. The van der Waals surface area contributed by atoms with E-state index >= 15 is 4.39 Å². The number of nitrogens with zero attached hydrogens (tertiary/aromatic N) is 4. The molecule has 0 saturated heterocycles. The standard InChI is InChI=1S/C26H22FN5O2/c27-22-10-16-6-7-31(17-4-2-1-3-5-17)26(34)19(16)11-20(22)21-12-32(18-8-15(9-18)13-33)25-23(21)24(28)29-14-30-25/h1-7,10-12,14-15,18,33H,8-9,13H2,(H2,28,29,30). The Balaban J connectivity index is 1.56. The quantitative estimate of drug-likeness (QED) is 0.426. The van der Waals surface area contributed by atoms with Crippen LogP contribution in [0.15, 0.2) is 72.0 Å². The fourth-order valence-corrected chi connectivity index (χ4v) is 4.93. The molecule has 3 heterocycles. The molecule has 0 amide bonds. The van der Waals surface area contributed by atoms with Crippen molar-refractivity contribution in [1.82, 2.24) is 19.1 Å². The summed E-state index contributed by atoms with van der Waals surface area (Å²) >= 11 is 0. The van der Waals surface area contributed by atoms with Crippen LogP contribution in [0.4, 0.5) is 10.2 Å². The molecule has 3 N–H and O–H groups in total. The molecule has 170 valence electrons. The van der Waals surface area contributed by atoms with E-state index in [1.165, 1.54) is 12.4 Å². The number of rotatable bonds is 4. The first kappa shape index (κ1) is 20.6. The van der Waals surface area contributed by atoms with E-state index in [9.17, 15) is 9.90 Å². The summed E-state index contributed by atoms with van der Waals surface area (Å²) in [5.41, 5.74) is 8.17. The van der Waals surface area contributed by atoms with Crippen LogP contribution in [0.1, 0.15) is 18.9 Å². The molecule has 6 rings (SSSR count). The SMILES string of the molecule is Nc1ncnc2c1c(-c1cc3c(=O)n(-c4ccccc4)ccc3cc1F)cn2C1CC(CO)C1. The Morgan fingerprint density at radius 2 is 1.88 bits per heavy atom. The van der Waals surface area contributed by atoms with Crippen molar-refractivity contribution < 1.29 is 9.50 Å². The molecule has 0 spiro atoms. The number of halogens is 1. The van der Waals surface area contributed by atoms with Gasteiger partial charge in [0.15, 0.2) is 0 Å². The van der Waals surface area contributed by atoms with Crippen LogP contribution in [0.2, 0.25) is 0 Å². The highest BCUT2D eigenvalue weighted by Gasteiger charge is 2.32. The maximum Gasteiger partial charge on any atom is 0.262 e. The zero-order valence-electron chi connectivity index (χ0n) is 18.2. The van der Waals surface area contributed by atoms with Gasteiger partial charge in [0.25, 0.3) is 5.56 Å². The molecule has 0 unspecified atom stereocenters. The lowest BCUT2D eigenvalue weighted by Gasteiger charge is -2.35. The van der Waals surface area contributed by atoms with Gasteiger partial charge in [-0.05, 0) is 54.5 Å². The van der Waals surface area contributed by atoms with Gasteiger partial charge in [0.1, 0.15) is 23.6 Å². The molecule has 1 aliphatic carbocycles. The number of para-hydroxylation sites is 1. The number of aliphatic hydroxyl groups is 1. The lowest BCUT2D eigenvalue weighted by molar-refractivity contribution is 0.114. The third-order valence-electron chi connectivity index (χ3n) is 6.82. The minimum absolute atomic E-state index is 0.140. The van der Waals surface area contributed by atoms with Gasteiger partial charge < -0.3 is 15.4 Å². The van der Waals surface area contributed by atoms with Gasteiger partial charge in [-0.3, -0.25) is 9.36 Å². The van der Waals surface area contributed by atoms with Crippen molar-refractivity contribution in [2.75, 3.05) is 12.3 Å². The van der Waals surface area contributed by atoms with E-state index in [1.807, 2.05) is 41.1 Å². The molecule has 1 saturated carbocycles. The molecular weight excluding hydrogens is 433 g/mol. The largest absolute Gasteiger partial charge is 0.396 e. The summed E-state index contributed by atoms with van der Waals surface area (Å²) in [5, 5.41) is 10.9. The monoisotopic (exact) mass is 455 g/mol. The average molecular weight is 455 g/mol. The number of benzene rings is 2. The zero-order chi connectivity index (χ0) is 23.4. The number of nitrogens with two attached hydrogens (primary N) is 1. The molecule has 8 heteroatoms. The molecule has 5 aromatic rings. The predicted octanol–water partition coefficient (Wildman–Crippen LogP) is 4.07. The Hall–Kier alpha value is -4.04. The Labute approximate surface area is 193 Å². The van der Waals surface area contributed by atoms with Crippen LogP contribution in [0.5, 0.6) is 0 Å². The van der Waals surface area contributed by atoms with Crippen LogP contribution in [-0.4, -0.2) is 30.8 Å². The Morgan fingerprint density at radius 1 is 1.09 bits per heavy atom. The van der Waals surface area contributed by atoms with Gasteiger partial charge in [-0.15, -0.1) is 0 Å². The van der Waals surface area contributed by atoms with Crippen molar-refractivity contribution in [1.29, 1.82) is 0 Å². The Bertz CT molecular complexity index is 1600. The third-order valence-corrected chi connectivity index (χ3v) is 6.82.